The Balaban J connectivity index is 2.07. The number of ether oxygens (including phenoxy) is 1. The van der Waals surface area contributed by atoms with Crippen molar-refractivity contribution in [1.82, 2.24) is 14.9 Å². The van der Waals surface area contributed by atoms with Crippen molar-refractivity contribution < 1.29 is 9.13 Å². The molecule has 1 saturated heterocycles. The highest BCUT2D eigenvalue weighted by Gasteiger charge is 2.21. The molecule has 0 radical (unpaired) electrons. The Labute approximate surface area is 98.4 Å². The molecule has 0 aliphatic carbocycles. The predicted octanol–water partition coefficient (Wildman–Crippen LogP) is 1.37. The van der Waals surface area contributed by atoms with Gasteiger partial charge in [0, 0.05) is 26.2 Å². The molecule has 17 heavy (non-hydrogen) atoms. The van der Waals surface area contributed by atoms with Crippen LogP contribution in [-0.2, 0) is 11.8 Å². The first-order valence-electron chi connectivity index (χ1n) is 5.70. The zero-order valence-electron chi connectivity index (χ0n) is 9.61. The molecule has 4 nitrogen and oxygen atoms in total. The molecule has 0 spiro atoms. The van der Waals surface area contributed by atoms with Crippen LogP contribution in [0.3, 0.4) is 0 Å². The summed E-state index contributed by atoms with van der Waals surface area (Å²) in [6.07, 6.45) is -0.0517. The van der Waals surface area contributed by atoms with Crippen LogP contribution in [0.4, 0.5) is 4.39 Å². The molecule has 1 fully saturated rings. The van der Waals surface area contributed by atoms with Gasteiger partial charge in [0.1, 0.15) is 17.7 Å². The standard InChI is InChI=1S/C12H14FN3O/c1-16-10-3-2-8(13)6-9(10)15-12(16)11-7-14-4-5-17-11/h2-3,6,11,14H,4-5,7H2,1H3. The third kappa shape index (κ3) is 1.81. The molecule has 1 aromatic heterocycles. The van der Waals surface area contributed by atoms with Crippen LogP contribution in [-0.4, -0.2) is 29.2 Å². The number of aromatic nitrogens is 2. The van der Waals surface area contributed by atoms with Gasteiger partial charge in [-0.1, -0.05) is 0 Å². The first kappa shape index (κ1) is 10.7. The zero-order chi connectivity index (χ0) is 11.8. The van der Waals surface area contributed by atoms with E-state index in [2.05, 4.69) is 10.3 Å². The van der Waals surface area contributed by atoms with Crippen molar-refractivity contribution in [3.8, 4) is 0 Å². The molecule has 90 valence electrons. The summed E-state index contributed by atoms with van der Waals surface area (Å²) in [6, 6.07) is 4.65. The van der Waals surface area contributed by atoms with Gasteiger partial charge in [0.2, 0.25) is 0 Å². The minimum Gasteiger partial charge on any atom is -0.368 e. The SMILES string of the molecule is Cn1c(C2CNCCO2)nc2cc(F)ccc21. The van der Waals surface area contributed by atoms with Crippen molar-refractivity contribution in [3.05, 3.63) is 29.8 Å². The molecular weight excluding hydrogens is 221 g/mol. The maximum atomic E-state index is 13.1. The number of nitrogens with zero attached hydrogens (tertiary/aromatic N) is 2. The molecule has 0 saturated carbocycles. The molecule has 1 N–H and O–H groups in total. The summed E-state index contributed by atoms with van der Waals surface area (Å²) >= 11 is 0. The smallest absolute Gasteiger partial charge is 0.140 e. The molecule has 5 heteroatoms. The monoisotopic (exact) mass is 235 g/mol. The quantitative estimate of drug-likeness (QED) is 0.811. The Morgan fingerprint density at radius 3 is 3.18 bits per heavy atom. The molecule has 0 amide bonds. The average molecular weight is 235 g/mol. The number of rotatable bonds is 1. The van der Waals surface area contributed by atoms with Gasteiger partial charge in [-0.2, -0.15) is 0 Å². The Kier molecular flexibility index (Phi) is 2.57. The van der Waals surface area contributed by atoms with Gasteiger partial charge in [-0.25, -0.2) is 9.37 Å². The van der Waals surface area contributed by atoms with E-state index in [1.54, 1.807) is 6.07 Å². The first-order valence-corrected chi connectivity index (χ1v) is 5.70. The number of benzene rings is 1. The van der Waals surface area contributed by atoms with E-state index < -0.39 is 0 Å². The van der Waals surface area contributed by atoms with Crippen molar-refractivity contribution >= 4 is 11.0 Å². The number of aryl methyl sites for hydroxylation is 1. The fourth-order valence-corrected chi connectivity index (χ4v) is 2.21. The number of fused-ring (bicyclic) bond motifs is 1. The lowest BCUT2D eigenvalue weighted by molar-refractivity contribution is 0.0208. The second-order valence-corrected chi connectivity index (χ2v) is 4.23. The molecule has 3 rings (SSSR count). The lowest BCUT2D eigenvalue weighted by Crippen LogP contribution is -2.34. The van der Waals surface area contributed by atoms with Gasteiger partial charge < -0.3 is 14.6 Å². The Morgan fingerprint density at radius 1 is 1.53 bits per heavy atom. The van der Waals surface area contributed by atoms with Crippen LogP contribution >= 0.6 is 0 Å². The van der Waals surface area contributed by atoms with Crippen LogP contribution in [0.2, 0.25) is 0 Å². The van der Waals surface area contributed by atoms with Gasteiger partial charge in [-0.3, -0.25) is 0 Å². The second kappa shape index (κ2) is 4.09. The van der Waals surface area contributed by atoms with Crippen LogP contribution in [0.5, 0.6) is 0 Å². The Morgan fingerprint density at radius 2 is 2.41 bits per heavy atom. The van der Waals surface area contributed by atoms with Crippen molar-refractivity contribution in [2.75, 3.05) is 19.7 Å². The lowest BCUT2D eigenvalue weighted by Gasteiger charge is -2.23. The number of morpholine rings is 1. The second-order valence-electron chi connectivity index (χ2n) is 4.23. The van der Waals surface area contributed by atoms with Crippen LogP contribution in [0.1, 0.15) is 11.9 Å². The van der Waals surface area contributed by atoms with E-state index in [0.717, 1.165) is 24.4 Å². The molecular formula is C12H14FN3O. The molecule has 1 unspecified atom stereocenters. The van der Waals surface area contributed by atoms with Gasteiger partial charge in [-0.15, -0.1) is 0 Å². The van der Waals surface area contributed by atoms with Crippen molar-refractivity contribution in [2.45, 2.75) is 6.10 Å². The van der Waals surface area contributed by atoms with E-state index in [0.29, 0.717) is 12.1 Å². The fraction of sp³-hybridized carbons (Fsp3) is 0.417. The topological polar surface area (TPSA) is 39.1 Å². The van der Waals surface area contributed by atoms with Crippen LogP contribution < -0.4 is 5.32 Å². The molecule has 1 aliphatic rings. The average Bonchev–Trinajstić information content (AvgIpc) is 2.67. The van der Waals surface area contributed by atoms with E-state index in [9.17, 15) is 4.39 Å². The molecule has 1 atom stereocenters. The number of imidazole rings is 1. The Bertz CT molecular complexity index is 546. The summed E-state index contributed by atoms with van der Waals surface area (Å²) in [6.45, 7) is 2.30. The number of halogens is 1. The van der Waals surface area contributed by atoms with E-state index in [1.807, 2.05) is 11.6 Å². The predicted molar refractivity (Wildman–Crippen MR) is 62.2 cm³/mol. The fourth-order valence-electron chi connectivity index (χ4n) is 2.21. The molecule has 1 aromatic carbocycles. The summed E-state index contributed by atoms with van der Waals surface area (Å²) in [4.78, 5) is 4.45. The maximum absolute atomic E-state index is 13.1. The number of hydrogen-bond acceptors (Lipinski definition) is 3. The van der Waals surface area contributed by atoms with Crippen LogP contribution in [0.15, 0.2) is 18.2 Å². The summed E-state index contributed by atoms with van der Waals surface area (Å²) in [5, 5.41) is 3.26. The maximum Gasteiger partial charge on any atom is 0.140 e. The van der Waals surface area contributed by atoms with Crippen LogP contribution in [0.25, 0.3) is 11.0 Å². The third-order valence-corrected chi connectivity index (χ3v) is 3.09. The minimum atomic E-state index is -0.259. The van der Waals surface area contributed by atoms with E-state index in [1.165, 1.54) is 12.1 Å². The highest BCUT2D eigenvalue weighted by Crippen LogP contribution is 2.23. The van der Waals surface area contributed by atoms with Crippen LogP contribution in [0, 0.1) is 5.82 Å². The zero-order valence-corrected chi connectivity index (χ0v) is 9.61. The van der Waals surface area contributed by atoms with E-state index in [-0.39, 0.29) is 11.9 Å². The third-order valence-electron chi connectivity index (χ3n) is 3.09. The van der Waals surface area contributed by atoms with Crippen molar-refractivity contribution in [1.29, 1.82) is 0 Å². The summed E-state index contributed by atoms with van der Waals surface area (Å²) < 4.78 is 20.8. The van der Waals surface area contributed by atoms with Gasteiger partial charge in [-0.05, 0) is 12.1 Å². The minimum absolute atomic E-state index is 0.0517. The first-order chi connectivity index (χ1) is 8.25. The largest absolute Gasteiger partial charge is 0.368 e. The summed E-state index contributed by atoms with van der Waals surface area (Å²) in [5.74, 6) is 0.586. The van der Waals surface area contributed by atoms with E-state index >= 15 is 0 Å². The molecule has 2 aromatic rings. The Hall–Kier alpha value is -1.46. The van der Waals surface area contributed by atoms with Gasteiger partial charge in [0.25, 0.3) is 0 Å². The van der Waals surface area contributed by atoms with E-state index in [4.69, 9.17) is 4.74 Å². The molecule has 0 bridgehead atoms. The lowest BCUT2D eigenvalue weighted by atomic mass is 10.3. The highest BCUT2D eigenvalue weighted by molar-refractivity contribution is 5.76. The molecule has 1 aliphatic heterocycles. The number of nitrogens with one attached hydrogen (secondary N) is 1. The number of hydrogen-bond donors (Lipinski definition) is 1. The van der Waals surface area contributed by atoms with Gasteiger partial charge in [0.15, 0.2) is 0 Å². The van der Waals surface area contributed by atoms with Gasteiger partial charge in [0.05, 0.1) is 17.6 Å². The highest BCUT2D eigenvalue weighted by atomic mass is 19.1. The van der Waals surface area contributed by atoms with Crippen molar-refractivity contribution in [2.24, 2.45) is 7.05 Å². The summed E-state index contributed by atoms with van der Waals surface area (Å²) in [7, 11) is 1.93. The summed E-state index contributed by atoms with van der Waals surface area (Å²) in [5.41, 5.74) is 1.60. The normalized spacial score (nSPS) is 20.9. The molecule has 2 heterocycles. The van der Waals surface area contributed by atoms with Gasteiger partial charge >= 0.3 is 0 Å². The van der Waals surface area contributed by atoms with Crippen molar-refractivity contribution in [3.63, 3.8) is 0 Å².